The zero-order valence-electron chi connectivity index (χ0n) is 9.66. The molecule has 16 heavy (non-hydrogen) atoms. The maximum Gasteiger partial charge on any atom is 0.271 e. The van der Waals surface area contributed by atoms with Crippen LogP contribution >= 0.6 is 0 Å². The van der Waals surface area contributed by atoms with Crippen molar-refractivity contribution >= 4 is 16.6 Å². The number of hydrogen-bond acceptors (Lipinski definition) is 2. The van der Waals surface area contributed by atoms with E-state index in [1.807, 2.05) is 30.3 Å². The maximum atomic E-state index is 11.9. The highest BCUT2D eigenvalue weighted by molar-refractivity contribution is 5.81. The van der Waals surface area contributed by atoms with Gasteiger partial charge in [-0.15, -0.1) is 0 Å². The maximum absolute atomic E-state index is 11.9. The molecule has 0 bridgehead atoms. The lowest BCUT2D eigenvalue weighted by Crippen LogP contribution is -2.28. The Morgan fingerprint density at radius 3 is 2.56 bits per heavy atom. The van der Waals surface area contributed by atoms with E-state index in [2.05, 4.69) is 23.7 Å². The summed E-state index contributed by atoms with van der Waals surface area (Å²) in [4.78, 5) is 16.9. The Morgan fingerprint density at radius 1 is 1.19 bits per heavy atom. The topological polar surface area (TPSA) is 36.1 Å². The van der Waals surface area contributed by atoms with Gasteiger partial charge in [0.2, 0.25) is 0 Å². The number of H-pyrrole nitrogens is 1. The molecule has 1 aromatic heterocycles. The van der Waals surface area contributed by atoms with Gasteiger partial charge in [-0.2, -0.15) is 0 Å². The third-order valence-corrected chi connectivity index (χ3v) is 2.84. The molecule has 0 aliphatic heterocycles. The van der Waals surface area contributed by atoms with E-state index in [1.54, 1.807) is 0 Å². The molecule has 2 aromatic rings. The molecule has 3 heteroatoms. The first-order valence-electron chi connectivity index (χ1n) is 5.63. The fourth-order valence-electron chi connectivity index (χ4n) is 1.94. The van der Waals surface area contributed by atoms with Crippen molar-refractivity contribution in [1.29, 1.82) is 0 Å². The molecule has 0 aliphatic carbocycles. The molecule has 0 fully saturated rings. The Kier molecular flexibility index (Phi) is 2.95. The highest BCUT2D eigenvalue weighted by Gasteiger charge is 2.07. The van der Waals surface area contributed by atoms with Crippen LogP contribution in [0.3, 0.4) is 0 Å². The predicted octanol–water partition coefficient (Wildman–Crippen LogP) is 2.37. The molecule has 3 nitrogen and oxygen atoms in total. The third kappa shape index (κ3) is 1.81. The highest BCUT2D eigenvalue weighted by Crippen LogP contribution is 2.15. The molecule has 0 aliphatic rings. The van der Waals surface area contributed by atoms with Gasteiger partial charge in [0, 0.05) is 24.0 Å². The van der Waals surface area contributed by atoms with Crippen LogP contribution in [0.15, 0.2) is 35.1 Å². The quantitative estimate of drug-likeness (QED) is 0.855. The minimum Gasteiger partial charge on any atom is -0.368 e. The standard InChI is InChI=1S/C13H16N2O/c1-3-15(4-2)12-9-10-7-5-6-8-11(10)14-13(12)16/h5-9H,3-4H2,1-2H3,(H,14,16). The Bertz CT molecular complexity index is 541. The van der Waals surface area contributed by atoms with Gasteiger partial charge in [-0.1, -0.05) is 18.2 Å². The summed E-state index contributed by atoms with van der Waals surface area (Å²) in [6.45, 7) is 5.80. The van der Waals surface area contributed by atoms with Gasteiger partial charge >= 0.3 is 0 Å². The minimum atomic E-state index is -0.0117. The normalized spacial score (nSPS) is 10.6. The second-order valence-corrected chi connectivity index (χ2v) is 3.74. The molecule has 0 saturated carbocycles. The molecule has 2 rings (SSSR count). The van der Waals surface area contributed by atoms with Crippen LogP contribution in [0.1, 0.15) is 13.8 Å². The van der Waals surface area contributed by atoms with Crippen molar-refractivity contribution in [2.24, 2.45) is 0 Å². The smallest absolute Gasteiger partial charge is 0.271 e. The Balaban J connectivity index is 2.62. The number of anilines is 1. The molecule has 1 aromatic carbocycles. The Hall–Kier alpha value is -1.77. The van der Waals surface area contributed by atoms with E-state index < -0.39 is 0 Å². The lowest BCUT2D eigenvalue weighted by atomic mass is 10.2. The van der Waals surface area contributed by atoms with Crippen LogP contribution in [-0.2, 0) is 0 Å². The van der Waals surface area contributed by atoms with E-state index >= 15 is 0 Å². The van der Waals surface area contributed by atoms with Crippen LogP contribution in [0.4, 0.5) is 5.69 Å². The van der Waals surface area contributed by atoms with Gasteiger partial charge in [0.05, 0.1) is 0 Å². The van der Waals surface area contributed by atoms with Crippen molar-refractivity contribution in [3.8, 4) is 0 Å². The minimum absolute atomic E-state index is 0.0117. The summed E-state index contributed by atoms with van der Waals surface area (Å²) in [6.07, 6.45) is 0. The van der Waals surface area contributed by atoms with Gasteiger partial charge in [-0.05, 0) is 26.0 Å². The van der Waals surface area contributed by atoms with Crippen LogP contribution in [0.25, 0.3) is 10.9 Å². The van der Waals surface area contributed by atoms with Crippen LogP contribution in [-0.4, -0.2) is 18.1 Å². The molecule has 0 amide bonds. The molecule has 1 N–H and O–H groups in total. The van der Waals surface area contributed by atoms with Crippen molar-refractivity contribution in [3.05, 3.63) is 40.7 Å². The molecular formula is C13H16N2O. The average Bonchev–Trinajstić information content (AvgIpc) is 2.31. The van der Waals surface area contributed by atoms with Crippen molar-refractivity contribution < 1.29 is 0 Å². The Labute approximate surface area is 94.7 Å². The molecule has 0 unspecified atom stereocenters. The second kappa shape index (κ2) is 4.39. The molecule has 0 saturated heterocycles. The number of aromatic amines is 1. The summed E-state index contributed by atoms with van der Waals surface area (Å²) in [6, 6.07) is 9.80. The molecular weight excluding hydrogens is 200 g/mol. The number of hydrogen-bond donors (Lipinski definition) is 1. The van der Waals surface area contributed by atoms with Crippen molar-refractivity contribution in [1.82, 2.24) is 4.98 Å². The first-order valence-corrected chi connectivity index (χ1v) is 5.63. The summed E-state index contributed by atoms with van der Waals surface area (Å²) in [5.74, 6) is 0. The Morgan fingerprint density at radius 2 is 1.88 bits per heavy atom. The number of nitrogens with zero attached hydrogens (tertiary/aromatic N) is 1. The molecule has 1 heterocycles. The van der Waals surface area contributed by atoms with E-state index in [0.717, 1.165) is 29.7 Å². The number of fused-ring (bicyclic) bond motifs is 1. The highest BCUT2D eigenvalue weighted by atomic mass is 16.1. The van der Waals surface area contributed by atoms with Crippen LogP contribution in [0, 0.1) is 0 Å². The first kappa shape index (κ1) is 10.7. The van der Waals surface area contributed by atoms with Gasteiger partial charge in [0.15, 0.2) is 0 Å². The van der Waals surface area contributed by atoms with Gasteiger partial charge in [0.1, 0.15) is 5.69 Å². The van der Waals surface area contributed by atoms with Crippen LogP contribution in [0.5, 0.6) is 0 Å². The average molecular weight is 216 g/mol. The third-order valence-electron chi connectivity index (χ3n) is 2.84. The number of para-hydroxylation sites is 1. The van der Waals surface area contributed by atoms with Gasteiger partial charge in [-0.25, -0.2) is 0 Å². The van der Waals surface area contributed by atoms with Crippen molar-refractivity contribution in [2.75, 3.05) is 18.0 Å². The van der Waals surface area contributed by atoms with E-state index in [1.165, 1.54) is 0 Å². The van der Waals surface area contributed by atoms with E-state index in [-0.39, 0.29) is 5.56 Å². The monoisotopic (exact) mass is 216 g/mol. The van der Waals surface area contributed by atoms with E-state index in [9.17, 15) is 4.79 Å². The van der Waals surface area contributed by atoms with Crippen molar-refractivity contribution in [2.45, 2.75) is 13.8 Å². The number of rotatable bonds is 3. The summed E-state index contributed by atoms with van der Waals surface area (Å²) >= 11 is 0. The molecule has 84 valence electrons. The lowest BCUT2D eigenvalue weighted by molar-refractivity contribution is 0.858. The number of benzene rings is 1. The fraction of sp³-hybridized carbons (Fsp3) is 0.308. The van der Waals surface area contributed by atoms with E-state index in [4.69, 9.17) is 0 Å². The van der Waals surface area contributed by atoms with Gasteiger partial charge in [0.25, 0.3) is 5.56 Å². The fourth-order valence-corrected chi connectivity index (χ4v) is 1.94. The van der Waals surface area contributed by atoms with Gasteiger partial charge in [-0.3, -0.25) is 4.79 Å². The SMILES string of the molecule is CCN(CC)c1cc2ccccc2[nH]c1=O. The zero-order chi connectivity index (χ0) is 11.5. The lowest BCUT2D eigenvalue weighted by Gasteiger charge is -2.20. The summed E-state index contributed by atoms with van der Waals surface area (Å²) in [7, 11) is 0. The van der Waals surface area contributed by atoms with E-state index in [0.29, 0.717) is 0 Å². The van der Waals surface area contributed by atoms with Crippen LogP contribution in [0.2, 0.25) is 0 Å². The second-order valence-electron chi connectivity index (χ2n) is 3.74. The van der Waals surface area contributed by atoms with Crippen molar-refractivity contribution in [3.63, 3.8) is 0 Å². The summed E-state index contributed by atoms with van der Waals surface area (Å²) < 4.78 is 0. The first-order chi connectivity index (χ1) is 7.76. The number of nitrogens with one attached hydrogen (secondary N) is 1. The summed E-state index contributed by atoms with van der Waals surface area (Å²) in [5.41, 5.74) is 1.63. The predicted molar refractivity (Wildman–Crippen MR) is 68.1 cm³/mol. The zero-order valence-corrected chi connectivity index (χ0v) is 9.66. The summed E-state index contributed by atoms with van der Waals surface area (Å²) in [5, 5.41) is 1.07. The molecule has 0 atom stereocenters. The largest absolute Gasteiger partial charge is 0.368 e. The number of pyridine rings is 1. The molecule has 0 radical (unpaired) electrons. The van der Waals surface area contributed by atoms with Gasteiger partial charge < -0.3 is 9.88 Å². The number of aromatic nitrogens is 1. The molecule has 0 spiro atoms. The van der Waals surface area contributed by atoms with Crippen LogP contribution < -0.4 is 10.5 Å².